The van der Waals surface area contributed by atoms with Crippen molar-refractivity contribution in [2.45, 2.75) is 20.0 Å². The van der Waals surface area contributed by atoms with Crippen molar-refractivity contribution in [2.75, 3.05) is 6.54 Å². The van der Waals surface area contributed by atoms with Gasteiger partial charge in [0.15, 0.2) is 5.69 Å². The topological polar surface area (TPSA) is 109 Å². The number of urea groups is 1. The van der Waals surface area contributed by atoms with Crippen molar-refractivity contribution in [3.8, 4) is 0 Å². The summed E-state index contributed by atoms with van der Waals surface area (Å²) in [6, 6.07) is -0.292. The Hall–Kier alpha value is -2.42. The highest BCUT2D eigenvalue weighted by molar-refractivity contribution is 7.09. The first kappa shape index (κ1) is 15.0. The molecule has 8 nitrogen and oxygen atoms in total. The zero-order valence-corrected chi connectivity index (χ0v) is 12.2. The van der Waals surface area contributed by atoms with Crippen LogP contribution in [0.4, 0.5) is 4.79 Å². The molecule has 0 aromatic carbocycles. The predicted molar refractivity (Wildman–Crippen MR) is 76.3 cm³/mol. The number of carboxylic acids is 1. The van der Waals surface area contributed by atoms with Crippen LogP contribution >= 0.6 is 11.3 Å². The standard InChI is InChI=1S/C12H15N5O3S/c1-8-16-9(6-21-8)4-14-12(20)13-2-3-17-5-10(11(18)19)15-7-17/h5-7H,2-4H2,1H3,(H,18,19)(H2,13,14,20). The maximum absolute atomic E-state index is 11.6. The number of rotatable bonds is 6. The van der Waals surface area contributed by atoms with Crippen molar-refractivity contribution >= 4 is 23.3 Å². The predicted octanol–water partition coefficient (Wildman–Crippen LogP) is 0.846. The largest absolute Gasteiger partial charge is 0.476 e. The number of carbonyl (C=O) groups excluding carboxylic acids is 1. The molecule has 2 amide bonds. The molecule has 0 aliphatic heterocycles. The molecule has 0 spiro atoms. The van der Waals surface area contributed by atoms with E-state index in [0.29, 0.717) is 19.6 Å². The number of nitrogens with one attached hydrogen (secondary N) is 2. The molecule has 2 rings (SSSR count). The van der Waals surface area contributed by atoms with E-state index < -0.39 is 5.97 Å². The van der Waals surface area contributed by atoms with Gasteiger partial charge in [-0.15, -0.1) is 11.3 Å². The van der Waals surface area contributed by atoms with E-state index in [-0.39, 0.29) is 11.7 Å². The molecule has 2 aromatic rings. The first-order valence-electron chi connectivity index (χ1n) is 6.22. The molecular weight excluding hydrogens is 294 g/mol. The average Bonchev–Trinajstić information content (AvgIpc) is 3.05. The summed E-state index contributed by atoms with van der Waals surface area (Å²) in [5, 5.41) is 17.0. The number of carbonyl (C=O) groups is 2. The van der Waals surface area contributed by atoms with Crippen LogP contribution in [-0.2, 0) is 13.1 Å². The summed E-state index contributed by atoms with van der Waals surface area (Å²) < 4.78 is 1.60. The van der Waals surface area contributed by atoms with Gasteiger partial charge in [0.05, 0.1) is 23.6 Å². The van der Waals surface area contributed by atoms with Crippen LogP contribution in [0.15, 0.2) is 17.9 Å². The number of imidazole rings is 1. The van der Waals surface area contributed by atoms with Crippen LogP contribution in [0.3, 0.4) is 0 Å². The van der Waals surface area contributed by atoms with Crippen molar-refractivity contribution < 1.29 is 14.7 Å². The SMILES string of the molecule is Cc1nc(CNC(=O)NCCn2cnc(C(=O)O)c2)cs1. The van der Waals surface area contributed by atoms with Crippen LogP contribution in [0, 0.1) is 6.92 Å². The molecule has 112 valence electrons. The lowest BCUT2D eigenvalue weighted by Gasteiger charge is -2.06. The van der Waals surface area contributed by atoms with Gasteiger partial charge in [-0.25, -0.2) is 19.6 Å². The molecule has 2 heterocycles. The van der Waals surface area contributed by atoms with Crippen molar-refractivity contribution in [3.63, 3.8) is 0 Å². The third kappa shape index (κ3) is 4.56. The highest BCUT2D eigenvalue weighted by Gasteiger charge is 2.06. The van der Waals surface area contributed by atoms with Gasteiger partial charge in [0.2, 0.25) is 0 Å². The van der Waals surface area contributed by atoms with E-state index in [9.17, 15) is 9.59 Å². The highest BCUT2D eigenvalue weighted by atomic mass is 32.1. The van der Waals surface area contributed by atoms with Gasteiger partial charge in [-0.2, -0.15) is 0 Å². The van der Waals surface area contributed by atoms with Gasteiger partial charge >= 0.3 is 12.0 Å². The third-order valence-electron chi connectivity index (χ3n) is 2.60. The van der Waals surface area contributed by atoms with Crippen LogP contribution in [0.25, 0.3) is 0 Å². The van der Waals surface area contributed by atoms with Crippen LogP contribution in [0.5, 0.6) is 0 Å². The smallest absolute Gasteiger partial charge is 0.356 e. The first-order chi connectivity index (χ1) is 10.0. The van der Waals surface area contributed by atoms with Gasteiger partial charge in [0, 0.05) is 24.7 Å². The number of amides is 2. The van der Waals surface area contributed by atoms with E-state index in [1.54, 1.807) is 4.57 Å². The monoisotopic (exact) mass is 309 g/mol. The van der Waals surface area contributed by atoms with Gasteiger partial charge in [0.25, 0.3) is 0 Å². The number of hydrogen-bond donors (Lipinski definition) is 3. The second kappa shape index (κ2) is 6.84. The number of thiazole rings is 1. The van der Waals surface area contributed by atoms with Crippen molar-refractivity contribution in [1.82, 2.24) is 25.2 Å². The van der Waals surface area contributed by atoms with Crippen molar-refractivity contribution in [1.29, 1.82) is 0 Å². The van der Waals surface area contributed by atoms with Crippen LogP contribution < -0.4 is 10.6 Å². The fourth-order valence-electron chi connectivity index (χ4n) is 1.61. The molecule has 9 heteroatoms. The van der Waals surface area contributed by atoms with Crippen molar-refractivity contribution in [2.24, 2.45) is 0 Å². The molecule has 0 aliphatic rings. The summed E-state index contributed by atoms with van der Waals surface area (Å²) in [5.41, 5.74) is 0.812. The quantitative estimate of drug-likeness (QED) is 0.733. The van der Waals surface area contributed by atoms with E-state index in [1.807, 2.05) is 12.3 Å². The maximum Gasteiger partial charge on any atom is 0.356 e. The Bertz CT molecular complexity index is 636. The summed E-state index contributed by atoms with van der Waals surface area (Å²) >= 11 is 1.53. The van der Waals surface area contributed by atoms with E-state index in [2.05, 4.69) is 20.6 Å². The summed E-state index contributed by atoms with van der Waals surface area (Å²) in [5.74, 6) is -1.07. The molecule has 2 aromatic heterocycles. The zero-order chi connectivity index (χ0) is 15.2. The number of nitrogens with zero attached hydrogens (tertiary/aromatic N) is 3. The number of aryl methyl sites for hydroxylation is 1. The summed E-state index contributed by atoms with van der Waals surface area (Å²) in [6.07, 6.45) is 2.83. The first-order valence-corrected chi connectivity index (χ1v) is 7.10. The van der Waals surface area contributed by atoms with Gasteiger partial charge in [-0.3, -0.25) is 0 Å². The van der Waals surface area contributed by atoms with Crippen LogP contribution in [0.2, 0.25) is 0 Å². The Balaban J connectivity index is 1.67. The minimum Gasteiger partial charge on any atom is -0.476 e. The Morgan fingerprint density at radius 3 is 2.86 bits per heavy atom. The number of carboxylic acid groups (broad SMARTS) is 1. The summed E-state index contributed by atoms with van der Waals surface area (Å²) in [7, 11) is 0. The molecular formula is C12H15N5O3S. The van der Waals surface area contributed by atoms with Gasteiger partial charge in [-0.1, -0.05) is 0 Å². The number of aromatic nitrogens is 3. The molecule has 0 bridgehead atoms. The summed E-state index contributed by atoms with van der Waals surface area (Å²) in [4.78, 5) is 30.2. The Kier molecular flexibility index (Phi) is 4.88. The van der Waals surface area contributed by atoms with E-state index >= 15 is 0 Å². The highest BCUT2D eigenvalue weighted by Crippen LogP contribution is 2.06. The lowest BCUT2D eigenvalue weighted by molar-refractivity contribution is 0.0691. The Morgan fingerprint density at radius 2 is 2.24 bits per heavy atom. The minimum atomic E-state index is -1.07. The second-order valence-electron chi connectivity index (χ2n) is 4.27. The van der Waals surface area contributed by atoms with Gasteiger partial charge in [0.1, 0.15) is 0 Å². The molecule has 0 unspecified atom stereocenters. The zero-order valence-electron chi connectivity index (χ0n) is 11.4. The van der Waals surface area contributed by atoms with Gasteiger partial charge < -0.3 is 20.3 Å². The van der Waals surface area contributed by atoms with E-state index in [4.69, 9.17) is 5.11 Å². The normalized spacial score (nSPS) is 10.3. The number of aromatic carboxylic acids is 1. The van der Waals surface area contributed by atoms with E-state index in [1.165, 1.54) is 23.9 Å². The molecule has 0 saturated carbocycles. The lowest BCUT2D eigenvalue weighted by Crippen LogP contribution is -2.36. The Labute approximate surface area is 124 Å². The van der Waals surface area contributed by atoms with Crippen molar-refractivity contribution in [3.05, 3.63) is 34.3 Å². The second-order valence-corrected chi connectivity index (χ2v) is 5.33. The molecule has 0 aliphatic carbocycles. The fraction of sp³-hybridized carbons (Fsp3) is 0.333. The maximum atomic E-state index is 11.6. The Morgan fingerprint density at radius 1 is 1.43 bits per heavy atom. The van der Waals surface area contributed by atoms with Gasteiger partial charge in [-0.05, 0) is 6.92 Å². The van der Waals surface area contributed by atoms with E-state index in [0.717, 1.165) is 10.7 Å². The lowest BCUT2D eigenvalue weighted by atomic mass is 10.5. The summed E-state index contributed by atoms with van der Waals surface area (Å²) in [6.45, 7) is 3.11. The molecule has 21 heavy (non-hydrogen) atoms. The fourth-order valence-corrected chi connectivity index (χ4v) is 2.23. The molecule has 0 saturated heterocycles. The minimum absolute atomic E-state index is 0.0154. The van der Waals surface area contributed by atoms with Crippen LogP contribution in [-0.4, -0.2) is 38.2 Å². The molecule has 0 atom stereocenters. The average molecular weight is 309 g/mol. The molecule has 3 N–H and O–H groups in total. The molecule has 0 radical (unpaired) electrons. The van der Waals surface area contributed by atoms with Crippen LogP contribution in [0.1, 0.15) is 21.2 Å². The molecule has 0 fully saturated rings. The number of hydrogen-bond acceptors (Lipinski definition) is 5. The third-order valence-corrected chi connectivity index (χ3v) is 3.43.